The Morgan fingerprint density at radius 1 is 0.920 bits per heavy atom. The molecule has 0 aliphatic heterocycles. The van der Waals surface area contributed by atoms with Crippen LogP contribution >= 0.6 is 0 Å². The summed E-state index contributed by atoms with van der Waals surface area (Å²) in [5.74, 6) is -0.800. The van der Waals surface area contributed by atoms with E-state index in [0.29, 0.717) is 5.57 Å². The van der Waals surface area contributed by atoms with Crippen molar-refractivity contribution in [3.8, 4) is 0 Å². The minimum absolute atomic E-state index is 0.180. The summed E-state index contributed by atoms with van der Waals surface area (Å²) in [5.41, 5.74) is 3.22. The Morgan fingerprint density at radius 2 is 1.56 bits per heavy atom. The van der Waals surface area contributed by atoms with Crippen molar-refractivity contribution in [3.63, 3.8) is 0 Å². The van der Waals surface area contributed by atoms with Gasteiger partial charge >= 0.3 is 0 Å². The van der Waals surface area contributed by atoms with Gasteiger partial charge in [-0.2, -0.15) is 0 Å². The van der Waals surface area contributed by atoms with Gasteiger partial charge in [0.2, 0.25) is 0 Å². The molecule has 0 aromatic heterocycles. The highest BCUT2D eigenvalue weighted by atomic mass is 19.1. The van der Waals surface area contributed by atoms with Crippen molar-refractivity contribution in [2.24, 2.45) is 0 Å². The molecule has 0 spiro atoms. The molecule has 0 heterocycles. The third-order valence-corrected chi connectivity index (χ3v) is 3.81. The average molecular weight is 331 g/mol. The van der Waals surface area contributed by atoms with Gasteiger partial charge in [0.1, 0.15) is 5.82 Å². The largest absolute Gasteiger partial charge is 0.319 e. The van der Waals surface area contributed by atoms with Gasteiger partial charge in [0.05, 0.1) is 5.69 Å². The van der Waals surface area contributed by atoms with E-state index in [1.54, 1.807) is 18.2 Å². The molecule has 2 nitrogen and oxygen atoms in total. The van der Waals surface area contributed by atoms with E-state index < -0.39 is 5.82 Å². The third-order valence-electron chi connectivity index (χ3n) is 3.81. The fourth-order valence-electron chi connectivity index (χ4n) is 2.54. The van der Waals surface area contributed by atoms with Gasteiger partial charge in [-0.1, -0.05) is 66.7 Å². The molecule has 0 bridgehead atoms. The van der Waals surface area contributed by atoms with E-state index >= 15 is 0 Å². The smallest absolute Gasteiger partial charge is 0.256 e. The van der Waals surface area contributed by atoms with Crippen LogP contribution in [-0.4, -0.2) is 5.91 Å². The molecule has 0 radical (unpaired) electrons. The van der Waals surface area contributed by atoms with E-state index in [0.717, 1.165) is 16.7 Å². The Bertz CT molecular complexity index is 902. The van der Waals surface area contributed by atoms with E-state index in [-0.39, 0.29) is 11.6 Å². The summed E-state index contributed by atoms with van der Waals surface area (Å²) in [6.07, 6.45) is 1.80. The Labute approximate surface area is 146 Å². The molecule has 0 saturated carbocycles. The highest BCUT2D eigenvalue weighted by Crippen LogP contribution is 2.22. The number of rotatable bonds is 4. The van der Waals surface area contributed by atoms with Crippen molar-refractivity contribution in [3.05, 3.63) is 101 Å². The van der Waals surface area contributed by atoms with Crippen LogP contribution in [0.1, 0.15) is 16.7 Å². The zero-order valence-electron chi connectivity index (χ0n) is 13.9. The number of anilines is 1. The number of amides is 1. The molecular weight excluding hydrogens is 313 g/mol. The maximum Gasteiger partial charge on any atom is 0.256 e. The van der Waals surface area contributed by atoms with Gasteiger partial charge in [-0.05, 0) is 41.8 Å². The standard InChI is InChI=1S/C22H18FNO/c1-16-12-13-20(23)21(14-16)24-22(25)19(18-10-6-3-7-11-18)15-17-8-4-2-5-9-17/h2-15H,1H3,(H,24,25)/b19-15+. The Kier molecular flexibility index (Phi) is 5.05. The van der Waals surface area contributed by atoms with E-state index in [1.165, 1.54) is 6.07 Å². The second-order valence-electron chi connectivity index (χ2n) is 5.77. The first-order chi connectivity index (χ1) is 12.1. The van der Waals surface area contributed by atoms with Gasteiger partial charge in [0.25, 0.3) is 5.91 Å². The number of hydrogen-bond acceptors (Lipinski definition) is 1. The van der Waals surface area contributed by atoms with Gasteiger partial charge < -0.3 is 5.32 Å². The summed E-state index contributed by atoms with van der Waals surface area (Å²) >= 11 is 0. The molecule has 0 fully saturated rings. The first-order valence-corrected chi connectivity index (χ1v) is 8.03. The van der Waals surface area contributed by atoms with Crippen LogP contribution in [0.25, 0.3) is 11.6 Å². The monoisotopic (exact) mass is 331 g/mol. The summed E-state index contributed by atoms with van der Waals surface area (Å²) < 4.78 is 14.0. The molecule has 0 unspecified atom stereocenters. The van der Waals surface area contributed by atoms with Gasteiger partial charge in [-0.15, -0.1) is 0 Å². The number of halogens is 1. The van der Waals surface area contributed by atoms with Crippen molar-refractivity contribution in [2.45, 2.75) is 6.92 Å². The van der Waals surface area contributed by atoms with Gasteiger partial charge in [0, 0.05) is 5.57 Å². The van der Waals surface area contributed by atoms with E-state index in [2.05, 4.69) is 5.32 Å². The van der Waals surface area contributed by atoms with Crippen molar-refractivity contribution in [2.75, 3.05) is 5.32 Å². The zero-order valence-corrected chi connectivity index (χ0v) is 13.9. The van der Waals surface area contributed by atoms with E-state index in [9.17, 15) is 9.18 Å². The molecule has 0 saturated heterocycles. The van der Waals surface area contributed by atoms with Crippen LogP contribution in [0.4, 0.5) is 10.1 Å². The lowest BCUT2D eigenvalue weighted by Gasteiger charge is -2.11. The van der Waals surface area contributed by atoms with Crippen LogP contribution in [-0.2, 0) is 4.79 Å². The summed E-state index contributed by atoms with van der Waals surface area (Å²) in [5, 5.41) is 2.69. The van der Waals surface area contributed by atoms with Crippen LogP contribution in [0.3, 0.4) is 0 Å². The van der Waals surface area contributed by atoms with Crippen LogP contribution in [0.15, 0.2) is 78.9 Å². The molecule has 0 aliphatic rings. The third kappa shape index (κ3) is 4.21. The second kappa shape index (κ2) is 7.58. The lowest BCUT2D eigenvalue weighted by Crippen LogP contribution is -2.14. The maximum atomic E-state index is 14.0. The molecule has 3 heteroatoms. The minimum Gasteiger partial charge on any atom is -0.319 e. The molecule has 3 aromatic carbocycles. The number of carbonyl (C=O) groups excluding carboxylic acids is 1. The van der Waals surface area contributed by atoms with Crippen LogP contribution < -0.4 is 5.32 Å². The summed E-state index contributed by atoms with van der Waals surface area (Å²) in [6.45, 7) is 1.85. The highest BCUT2D eigenvalue weighted by molar-refractivity contribution is 6.29. The molecule has 3 rings (SSSR count). The van der Waals surface area contributed by atoms with Crippen LogP contribution in [0, 0.1) is 12.7 Å². The lowest BCUT2D eigenvalue weighted by atomic mass is 10.0. The predicted octanol–water partition coefficient (Wildman–Crippen LogP) is 5.31. The molecular formula is C22H18FNO. The number of carbonyl (C=O) groups is 1. The predicted molar refractivity (Wildman–Crippen MR) is 101 cm³/mol. The molecule has 124 valence electrons. The fourth-order valence-corrected chi connectivity index (χ4v) is 2.54. The Morgan fingerprint density at radius 3 is 2.24 bits per heavy atom. The normalized spacial score (nSPS) is 11.2. The summed E-state index contributed by atoms with van der Waals surface area (Å²) in [4.78, 5) is 12.8. The number of hydrogen-bond donors (Lipinski definition) is 1. The minimum atomic E-state index is -0.453. The van der Waals surface area contributed by atoms with Crippen LogP contribution in [0.2, 0.25) is 0 Å². The summed E-state index contributed by atoms with van der Waals surface area (Å²) in [6, 6.07) is 23.6. The van der Waals surface area contributed by atoms with E-state index in [1.807, 2.05) is 67.6 Å². The first kappa shape index (κ1) is 16.7. The highest BCUT2D eigenvalue weighted by Gasteiger charge is 2.14. The average Bonchev–Trinajstić information content (AvgIpc) is 2.64. The zero-order chi connectivity index (χ0) is 17.6. The quantitative estimate of drug-likeness (QED) is 0.509. The SMILES string of the molecule is Cc1ccc(F)c(NC(=O)/C(=C/c2ccccc2)c2ccccc2)c1. The van der Waals surface area contributed by atoms with Gasteiger partial charge in [-0.3, -0.25) is 4.79 Å². The Hall–Kier alpha value is -3.20. The number of nitrogens with one attached hydrogen (secondary N) is 1. The molecule has 25 heavy (non-hydrogen) atoms. The van der Waals surface area contributed by atoms with Crippen molar-refractivity contribution in [1.29, 1.82) is 0 Å². The first-order valence-electron chi connectivity index (χ1n) is 8.03. The van der Waals surface area contributed by atoms with Crippen molar-refractivity contribution >= 4 is 23.2 Å². The van der Waals surface area contributed by atoms with Crippen molar-refractivity contribution in [1.82, 2.24) is 0 Å². The maximum absolute atomic E-state index is 14.0. The van der Waals surface area contributed by atoms with Gasteiger partial charge in [0.15, 0.2) is 0 Å². The summed E-state index contributed by atoms with van der Waals surface area (Å²) in [7, 11) is 0. The lowest BCUT2D eigenvalue weighted by molar-refractivity contribution is -0.111. The van der Waals surface area contributed by atoms with E-state index in [4.69, 9.17) is 0 Å². The van der Waals surface area contributed by atoms with Crippen LogP contribution in [0.5, 0.6) is 0 Å². The topological polar surface area (TPSA) is 29.1 Å². The molecule has 1 amide bonds. The molecule has 3 aromatic rings. The number of aryl methyl sites for hydroxylation is 1. The molecule has 0 aliphatic carbocycles. The number of benzene rings is 3. The molecule has 0 atom stereocenters. The second-order valence-corrected chi connectivity index (χ2v) is 5.77. The fraction of sp³-hybridized carbons (Fsp3) is 0.0455. The molecule has 1 N–H and O–H groups in total. The Balaban J connectivity index is 1.98. The van der Waals surface area contributed by atoms with Gasteiger partial charge in [-0.25, -0.2) is 4.39 Å². The van der Waals surface area contributed by atoms with Crippen molar-refractivity contribution < 1.29 is 9.18 Å².